The van der Waals surface area contributed by atoms with Crippen molar-refractivity contribution in [1.29, 1.82) is 0 Å². The van der Waals surface area contributed by atoms with E-state index in [2.05, 4.69) is 11.5 Å². The van der Waals surface area contributed by atoms with Crippen LogP contribution in [0.2, 0.25) is 0 Å². The summed E-state index contributed by atoms with van der Waals surface area (Å²) >= 11 is 0. The second kappa shape index (κ2) is 5.69. The van der Waals surface area contributed by atoms with Gasteiger partial charge in [-0.3, -0.25) is 0 Å². The minimum absolute atomic E-state index is 0.00192. The average molecular weight is 260 g/mol. The SMILES string of the molecule is C=C(C)COC1(OC(=O)OC(C)(C)CC)COO1. The minimum atomic E-state index is -1.51. The normalized spacial score (nSPS) is 23.1. The van der Waals surface area contributed by atoms with Crippen molar-refractivity contribution in [3.63, 3.8) is 0 Å². The highest BCUT2D eigenvalue weighted by molar-refractivity contribution is 5.61. The van der Waals surface area contributed by atoms with Crippen LogP contribution in [0.25, 0.3) is 0 Å². The van der Waals surface area contributed by atoms with Crippen LogP contribution in [-0.2, 0) is 24.0 Å². The summed E-state index contributed by atoms with van der Waals surface area (Å²) in [5.74, 6) is -1.51. The molecule has 1 saturated heterocycles. The Morgan fingerprint density at radius 3 is 2.50 bits per heavy atom. The molecule has 0 N–H and O–H groups in total. The molecule has 6 nitrogen and oxygen atoms in total. The molecule has 0 aromatic carbocycles. The van der Waals surface area contributed by atoms with E-state index in [1.807, 2.05) is 6.92 Å². The van der Waals surface area contributed by atoms with Gasteiger partial charge in [0, 0.05) is 0 Å². The molecule has 0 saturated carbocycles. The molecule has 1 heterocycles. The van der Waals surface area contributed by atoms with Gasteiger partial charge in [-0.05, 0) is 27.2 Å². The molecule has 1 aliphatic rings. The third-order valence-corrected chi connectivity index (χ3v) is 2.41. The van der Waals surface area contributed by atoms with Gasteiger partial charge < -0.3 is 14.2 Å². The maximum Gasteiger partial charge on any atom is 0.513 e. The van der Waals surface area contributed by atoms with Gasteiger partial charge in [-0.2, -0.15) is 4.89 Å². The maximum atomic E-state index is 11.6. The highest BCUT2D eigenvalue weighted by atomic mass is 17.3. The standard InChI is InChI=1S/C12H20O6/c1-6-11(4,5)16-10(13)17-12(8-15-18-12)14-7-9(2)3/h2,6-8H2,1,3-5H3. The van der Waals surface area contributed by atoms with Gasteiger partial charge >= 0.3 is 12.1 Å². The van der Waals surface area contributed by atoms with Crippen LogP contribution >= 0.6 is 0 Å². The Morgan fingerprint density at radius 1 is 1.50 bits per heavy atom. The summed E-state index contributed by atoms with van der Waals surface area (Å²) in [7, 11) is 0. The minimum Gasteiger partial charge on any atom is -0.428 e. The molecule has 0 aromatic rings. The summed E-state index contributed by atoms with van der Waals surface area (Å²) in [5.41, 5.74) is 0.174. The van der Waals surface area contributed by atoms with Crippen molar-refractivity contribution in [2.45, 2.75) is 45.7 Å². The molecule has 0 spiro atoms. The van der Waals surface area contributed by atoms with Crippen LogP contribution in [0.4, 0.5) is 4.79 Å². The molecule has 1 aliphatic heterocycles. The van der Waals surface area contributed by atoms with Crippen LogP contribution in [-0.4, -0.2) is 30.9 Å². The largest absolute Gasteiger partial charge is 0.513 e. The van der Waals surface area contributed by atoms with E-state index in [4.69, 9.17) is 19.1 Å². The summed E-state index contributed by atoms with van der Waals surface area (Å²) in [6.45, 7) is 11.1. The van der Waals surface area contributed by atoms with E-state index < -0.39 is 17.7 Å². The number of rotatable bonds is 6. The van der Waals surface area contributed by atoms with Gasteiger partial charge in [-0.1, -0.05) is 19.1 Å². The van der Waals surface area contributed by atoms with Crippen molar-refractivity contribution < 1.29 is 28.8 Å². The quantitative estimate of drug-likeness (QED) is 0.316. The topological polar surface area (TPSA) is 63.2 Å². The number of hydrogen-bond donors (Lipinski definition) is 0. The Balaban J connectivity index is 2.47. The fourth-order valence-electron chi connectivity index (χ4n) is 0.976. The number of carbonyl (C=O) groups excluding carboxylic acids is 1. The average Bonchev–Trinajstić information content (AvgIpc) is 2.21. The Bertz CT molecular complexity index is 319. The lowest BCUT2D eigenvalue weighted by Gasteiger charge is -2.37. The molecule has 0 radical (unpaired) electrons. The van der Waals surface area contributed by atoms with Crippen molar-refractivity contribution in [1.82, 2.24) is 0 Å². The molecule has 1 atom stereocenters. The Morgan fingerprint density at radius 2 is 2.11 bits per heavy atom. The van der Waals surface area contributed by atoms with Crippen LogP contribution in [0.5, 0.6) is 0 Å². The van der Waals surface area contributed by atoms with Gasteiger partial charge in [0.25, 0.3) is 0 Å². The van der Waals surface area contributed by atoms with E-state index in [-0.39, 0.29) is 13.2 Å². The van der Waals surface area contributed by atoms with Gasteiger partial charge in [-0.15, -0.1) is 0 Å². The summed E-state index contributed by atoms with van der Waals surface area (Å²) < 4.78 is 15.4. The molecule has 18 heavy (non-hydrogen) atoms. The molecule has 0 aliphatic carbocycles. The lowest BCUT2D eigenvalue weighted by atomic mass is 10.1. The van der Waals surface area contributed by atoms with E-state index in [0.29, 0.717) is 6.42 Å². The van der Waals surface area contributed by atoms with Crippen molar-refractivity contribution in [3.8, 4) is 0 Å². The predicted octanol–water partition coefficient (Wildman–Crippen LogP) is 2.54. The first-order valence-corrected chi connectivity index (χ1v) is 5.79. The Kier molecular flexibility index (Phi) is 4.72. The molecular formula is C12H20O6. The van der Waals surface area contributed by atoms with Crippen LogP contribution in [0, 0.1) is 0 Å². The molecule has 0 amide bonds. The molecule has 1 rings (SSSR count). The molecule has 1 fully saturated rings. The predicted molar refractivity (Wildman–Crippen MR) is 62.5 cm³/mol. The first-order chi connectivity index (χ1) is 8.29. The molecule has 0 bridgehead atoms. The highest BCUT2D eigenvalue weighted by Crippen LogP contribution is 2.27. The van der Waals surface area contributed by atoms with Crippen molar-refractivity contribution in [2.75, 3.05) is 13.2 Å². The van der Waals surface area contributed by atoms with Gasteiger partial charge in [0.15, 0.2) is 6.61 Å². The van der Waals surface area contributed by atoms with Gasteiger partial charge in [0.2, 0.25) is 0 Å². The highest BCUT2D eigenvalue weighted by Gasteiger charge is 2.49. The summed E-state index contributed by atoms with van der Waals surface area (Å²) in [4.78, 5) is 20.8. The molecule has 1 unspecified atom stereocenters. The first kappa shape index (κ1) is 14.9. The second-order valence-corrected chi connectivity index (χ2v) is 4.84. The van der Waals surface area contributed by atoms with Gasteiger partial charge in [0.1, 0.15) is 5.60 Å². The summed E-state index contributed by atoms with van der Waals surface area (Å²) in [5, 5.41) is 0. The zero-order valence-electron chi connectivity index (χ0n) is 11.3. The van der Waals surface area contributed by atoms with Crippen molar-refractivity contribution in [3.05, 3.63) is 12.2 Å². The van der Waals surface area contributed by atoms with Crippen LogP contribution in [0.15, 0.2) is 12.2 Å². The molecular weight excluding hydrogens is 240 g/mol. The van der Waals surface area contributed by atoms with Gasteiger partial charge in [0.05, 0.1) is 6.61 Å². The second-order valence-electron chi connectivity index (χ2n) is 4.84. The van der Waals surface area contributed by atoms with Crippen LogP contribution in [0.3, 0.4) is 0 Å². The monoisotopic (exact) mass is 260 g/mol. The van der Waals surface area contributed by atoms with Crippen molar-refractivity contribution in [2.24, 2.45) is 0 Å². The molecule has 6 heteroatoms. The molecule has 0 aromatic heterocycles. The van der Waals surface area contributed by atoms with E-state index in [9.17, 15) is 4.79 Å². The van der Waals surface area contributed by atoms with E-state index in [1.54, 1.807) is 20.8 Å². The fourth-order valence-corrected chi connectivity index (χ4v) is 0.976. The number of hydrogen-bond acceptors (Lipinski definition) is 6. The van der Waals surface area contributed by atoms with Crippen molar-refractivity contribution >= 4 is 6.16 Å². The van der Waals surface area contributed by atoms with Crippen LogP contribution < -0.4 is 0 Å². The smallest absolute Gasteiger partial charge is 0.428 e. The van der Waals surface area contributed by atoms with E-state index in [1.165, 1.54) is 0 Å². The fraction of sp³-hybridized carbons (Fsp3) is 0.750. The zero-order chi connectivity index (χ0) is 13.8. The van der Waals surface area contributed by atoms with Gasteiger partial charge in [-0.25, -0.2) is 9.68 Å². The number of carbonyl (C=O) groups is 1. The lowest BCUT2D eigenvalue weighted by Crippen LogP contribution is -2.54. The Hall–Kier alpha value is -1.11. The summed E-state index contributed by atoms with van der Waals surface area (Å²) in [6.07, 6.45) is -0.189. The van der Waals surface area contributed by atoms with E-state index >= 15 is 0 Å². The van der Waals surface area contributed by atoms with E-state index in [0.717, 1.165) is 5.57 Å². The first-order valence-electron chi connectivity index (χ1n) is 5.79. The molecule has 104 valence electrons. The zero-order valence-corrected chi connectivity index (χ0v) is 11.3. The third kappa shape index (κ3) is 4.29. The maximum absolute atomic E-state index is 11.6. The van der Waals surface area contributed by atoms with Crippen LogP contribution in [0.1, 0.15) is 34.1 Å². The summed E-state index contributed by atoms with van der Waals surface area (Å²) in [6, 6.07) is 0. The Labute approximate surface area is 107 Å². The third-order valence-electron chi connectivity index (χ3n) is 2.41. The number of ether oxygens (including phenoxy) is 3. The lowest BCUT2D eigenvalue weighted by molar-refractivity contribution is -0.596.